The Morgan fingerprint density at radius 2 is 1.89 bits per heavy atom. The van der Waals surface area contributed by atoms with Crippen LogP contribution in [0.1, 0.15) is 54.9 Å². The van der Waals surface area contributed by atoms with E-state index in [9.17, 15) is 4.79 Å². The molecule has 1 aromatic rings. The predicted octanol–water partition coefficient (Wildman–Crippen LogP) is 3.79. The summed E-state index contributed by atoms with van der Waals surface area (Å²) in [5.41, 5.74) is 1.95. The van der Waals surface area contributed by atoms with Crippen LogP contribution in [0, 0.1) is 6.92 Å². The van der Waals surface area contributed by atoms with Crippen LogP contribution in [0.5, 0.6) is 0 Å². The van der Waals surface area contributed by atoms with Gasteiger partial charge in [-0.3, -0.25) is 4.79 Å². The maximum Gasteiger partial charge on any atom is 0.254 e. The van der Waals surface area contributed by atoms with Crippen LogP contribution in [0.3, 0.4) is 0 Å². The molecule has 98 valence electrons. The molecule has 0 unspecified atom stereocenters. The normalized spacial score (nSPS) is 16.6. The molecule has 1 aliphatic carbocycles. The topological polar surface area (TPSA) is 20.3 Å². The molecule has 1 amide bonds. The van der Waals surface area contributed by atoms with Crippen LogP contribution in [0.4, 0.5) is 0 Å². The molecule has 1 aliphatic rings. The van der Waals surface area contributed by atoms with E-state index in [1.54, 1.807) is 0 Å². The number of amides is 1. The zero-order valence-corrected chi connectivity index (χ0v) is 11.5. The molecule has 0 bridgehead atoms. The molecule has 1 saturated carbocycles. The van der Waals surface area contributed by atoms with Gasteiger partial charge in [0, 0.05) is 18.2 Å². The fourth-order valence-corrected chi connectivity index (χ4v) is 2.93. The van der Waals surface area contributed by atoms with Gasteiger partial charge in [-0.05, 0) is 38.3 Å². The highest BCUT2D eigenvalue weighted by Crippen LogP contribution is 2.24. The molecule has 0 spiro atoms. The van der Waals surface area contributed by atoms with E-state index in [1.807, 2.05) is 31.2 Å². The highest BCUT2D eigenvalue weighted by molar-refractivity contribution is 5.95. The second-order valence-electron chi connectivity index (χ2n) is 5.20. The standard InChI is InChI=1S/C16H23NO/c1-3-17(14-10-5-4-6-11-14)16(18)15-12-8-7-9-13(15)2/h7-9,12,14H,3-6,10-11H2,1-2H3. The monoisotopic (exact) mass is 245 g/mol. The van der Waals surface area contributed by atoms with Crippen molar-refractivity contribution in [3.63, 3.8) is 0 Å². The quantitative estimate of drug-likeness (QED) is 0.793. The van der Waals surface area contributed by atoms with E-state index >= 15 is 0 Å². The molecule has 0 aromatic heterocycles. The Labute approximate surface area is 110 Å². The zero-order valence-electron chi connectivity index (χ0n) is 11.5. The Bertz CT molecular complexity index is 407. The van der Waals surface area contributed by atoms with Crippen molar-refractivity contribution in [2.75, 3.05) is 6.54 Å². The molecule has 18 heavy (non-hydrogen) atoms. The highest BCUT2D eigenvalue weighted by Gasteiger charge is 2.25. The Hall–Kier alpha value is -1.31. The SMILES string of the molecule is CCN(C(=O)c1ccccc1C)C1CCCCC1. The van der Waals surface area contributed by atoms with Crippen LogP contribution in [0.25, 0.3) is 0 Å². The minimum atomic E-state index is 0.211. The van der Waals surface area contributed by atoms with Crippen LogP contribution >= 0.6 is 0 Å². The molecule has 0 atom stereocenters. The summed E-state index contributed by atoms with van der Waals surface area (Å²) in [6.45, 7) is 4.92. The maximum atomic E-state index is 12.6. The molecular formula is C16H23NO. The molecule has 0 aliphatic heterocycles. The van der Waals surface area contributed by atoms with E-state index in [4.69, 9.17) is 0 Å². The zero-order chi connectivity index (χ0) is 13.0. The summed E-state index contributed by atoms with van der Waals surface area (Å²) in [5.74, 6) is 0.211. The van der Waals surface area contributed by atoms with Crippen molar-refractivity contribution in [3.05, 3.63) is 35.4 Å². The molecule has 1 fully saturated rings. The lowest BCUT2D eigenvalue weighted by Gasteiger charge is -2.34. The van der Waals surface area contributed by atoms with E-state index in [-0.39, 0.29) is 5.91 Å². The lowest BCUT2D eigenvalue weighted by atomic mass is 9.93. The molecule has 1 aromatic carbocycles. The molecular weight excluding hydrogens is 222 g/mol. The Morgan fingerprint density at radius 3 is 2.50 bits per heavy atom. The molecule has 2 nitrogen and oxygen atoms in total. The largest absolute Gasteiger partial charge is 0.336 e. The van der Waals surface area contributed by atoms with Gasteiger partial charge in [-0.15, -0.1) is 0 Å². The van der Waals surface area contributed by atoms with E-state index in [2.05, 4.69) is 11.8 Å². The van der Waals surface area contributed by atoms with Gasteiger partial charge in [0.2, 0.25) is 0 Å². The van der Waals surface area contributed by atoms with Crippen LogP contribution in [0.2, 0.25) is 0 Å². The Kier molecular flexibility index (Phi) is 4.40. The second-order valence-corrected chi connectivity index (χ2v) is 5.20. The Balaban J connectivity index is 2.17. The van der Waals surface area contributed by atoms with Crippen LogP contribution in [-0.4, -0.2) is 23.4 Å². The first kappa shape index (κ1) is 13.1. The summed E-state index contributed by atoms with van der Waals surface area (Å²) in [4.78, 5) is 14.7. The fraction of sp³-hybridized carbons (Fsp3) is 0.562. The number of hydrogen-bond donors (Lipinski definition) is 0. The van der Waals surface area contributed by atoms with Crippen LogP contribution in [-0.2, 0) is 0 Å². The fourth-order valence-electron chi connectivity index (χ4n) is 2.93. The third kappa shape index (κ3) is 2.74. The van der Waals surface area contributed by atoms with Gasteiger partial charge in [-0.25, -0.2) is 0 Å². The van der Waals surface area contributed by atoms with Gasteiger partial charge < -0.3 is 4.90 Å². The van der Waals surface area contributed by atoms with Gasteiger partial charge in [0.15, 0.2) is 0 Å². The van der Waals surface area contributed by atoms with Crippen molar-refractivity contribution in [3.8, 4) is 0 Å². The van der Waals surface area contributed by atoms with Crippen LogP contribution in [0.15, 0.2) is 24.3 Å². The Morgan fingerprint density at radius 1 is 1.22 bits per heavy atom. The third-order valence-corrected chi connectivity index (χ3v) is 3.99. The van der Waals surface area contributed by atoms with Crippen molar-refractivity contribution in [1.82, 2.24) is 4.90 Å². The number of aryl methyl sites for hydroxylation is 1. The number of nitrogens with zero attached hydrogens (tertiary/aromatic N) is 1. The summed E-state index contributed by atoms with van der Waals surface area (Å²) < 4.78 is 0. The first-order chi connectivity index (χ1) is 8.74. The van der Waals surface area contributed by atoms with Crippen LogP contribution < -0.4 is 0 Å². The first-order valence-corrected chi connectivity index (χ1v) is 7.10. The highest BCUT2D eigenvalue weighted by atomic mass is 16.2. The van der Waals surface area contributed by atoms with E-state index < -0.39 is 0 Å². The summed E-state index contributed by atoms with van der Waals surface area (Å²) in [7, 11) is 0. The molecule has 2 heteroatoms. The number of rotatable bonds is 3. The van der Waals surface area contributed by atoms with Crippen molar-refractivity contribution >= 4 is 5.91 Å². The van der Waals surface area contributed by atoms with E-state index in [0.717, 1.165) is 17.7 Å². The van der Waals surface area contributed by atoms with Gasteiger partial charge in [0.1, 0.15) is 0 Å². The number of benzene rings is 1. The van der Waals surface area contributed by atoms with E-state index in [1.165, 1.54) is 32.1 Å². The van der Waals surface area contributed by atoms with Gasteiger partial charge in [0.25, 0.3) is 5.91 Å². The van der Waals surface area contributed by atoms with E-state index in [0.29, 0.717) is 6.04 Å². The summed E-state index contributed by atoms with van der Waals surface area (Å²) in [6.07, 6.45) is 6.20. The van der Waals surface area contributed by atoms with Crippen molar-refractivity contribution in [2.45, 2.75) is 52.0 Å². The molecule has 2 rings (SSSR count). The lowest BCUT2D eigenvalue weighted by Crippen LogP contribution is -2.41. The average Bonchev–Trinajstić information content (AvgIpc) is 2.41. The van der Waals surface area contributed by atoms with Crippen molar-refractivity contribution < 1.29 is 4.79 Å². The third-order valence-electron chi connectivity index (χ3n) is 3.99. The van der Waals surface area contributed by atoms with Gasteiger partial charge in [-0.2, -0.15) is 0 Å². The molecule has 0 saturated heterocycles. The minimum Gasteiger partial charge on any atom is -0.336 e. The second kappa shape index (κ2) is 6.03. The first-order valence-electron chi connectivity index (χ1n) is 7.10. The number of carbonyl (C=O) groups excluding carboxylic acids is 1. The van der Waals surface area contributed by atoms with Crippen molar-refractivity contribution in [2.24, 2.45) is 0 Å². The van der Waals surface area contributed by atoms with Gasteiger partial charge >= 0.3 is 0 Å². The predicted molar refractivity (Wildman–Crippen MR) is 74.8 cm³/mol. The van der Waals surface area contributed by atoms with Gasteiger partial charge in [-0.1, -0.05) is 37.5 Å². The van der Waals surface area contributed by atoms with Gasteiger partial charge in [0.05, 0.1) is 0 Å². The summed E-state index contributed by atoms with van der Waals surface area (Å²) >= 11 is 0. The number of hydrogen-bond acceptors (Lipinski definition) is 1. The lowest BCUT2D eigenvalue weighted by molar-refractivity contribution is 0.0647. The smallest absolute Gasteiger partial charge is 0.254 e. The average molecular weight is 245 g/mol. The summed E-state index contributed by atoms with van der Waals surface area (Å²) in [5, 5.41) is 0. The van der Waals surface area contributed by atoms with Crippen molar-refractivity contribution in [1.29, 1.82) is 0 Å². The maximum absolute atomic E-state index is 12.6. The molecule has 0 heterocycles. The molecule has 0 radical (unpaired) electrons. The minimum absolute atomic E-state index is 0.211. The molecule has 0 N–H and O–H groups in total. The summed E-state index contributed by atoms with van der Waals surface area (Å²) in [6, 6.07) is 8.36. The number of carbonyl (C=O) groups is 1.